The fraction of sp³-hybridized carbons (Fsp3) is 0.364. The van der Waals surface area contributed by atoms with E-state index in [1.54, 1.807) is 16.9 Å². The second-order valence-corrected chi connectivity index (χ2v) is 7.31. The number of anilines is 1. The van der Waals surface area contributed by atoms with Gasteiger partial charge in [-0.15, -0.1) is 0 Å². The quantitative estimate of drug-likeness (QED) is 0.769. The third kappa shape index (κ3) is 4.70. The maximum absolute atomic E-state index is 12.9. The molecule has 0 saturated carbocycles. The van der Waals surface area contributed by atoms with Gasteiger partial charge in [-0.1, -0.05) is 36.4 Å². The van der Waals surface area contributed by atoms with Crippen molar-refractivity contribution in [2.24, 2.45) is 0 Å². The van der Waals surface area contributed by atoms with Gasteiger partial charge in [0.15, 0.2) is 0 Å². The predicted molar refractivity (Wildman–Crippen MR) is 110 cm³/mol. The second-order valence-electron chi connectivity index (χ2n) is 7.31. The maximum Gasteiger partial charge on any atom is 0.246 e. The summed E-state index contributed by atoms with van der Waals surface area (Å²) in [5.74, 6) is 0.602. The summed E-state index contributed by atoms with van der Waals surface area (Å²) in [7, 11) is 5.33. The Morgan fingerprint density at radius 3 is 2.57 bits per heavy atom. The minimum atomic E-state index is -0.0845. The highest BCUT2D eigenvalue weighted by Crippen LogP contribution is 2.25. The van der Waals surface area contributed by atoms with Crippen molar-refractivity contribution in [2.45, 2.75) is 12.5 Å². The fourth-order valence-corrected chi connectivity index (χ4v) is 3.51. The number of benzene rings is 2. The first-order valence-electron chi connectivity index (χ1n) is 9.40. The Hall–Kier alpha value is -2.86. The van der Waals surface area contributed by atoms with Crippen molar-refractivity contribution in [1.29, 1.82) is 0 Å². The SMILES string of the molecule is COc1cccc(N2CC(Cc3ccccc3)N(C(=O)CN(C)C)CC2=O)c1. The van der Waals surface area contributed by atoms with E-state index >= 15 is 0 Å². The monoisotopic (exact) mass is 381 g/mol. The first kappa shape index (κ1) is 19.9. The molecule has 0 radical (unpaired) electrons. The van der Waals surface area contributed by atoms with E-state index in [1.165, 1.54) is 0 Å². The molecule has 1 aliphatic rings. The molecule has 3 rings (SSSR count). The van der Waals surface area contributed by atoms with Crippen molar-refractivity contribution in [2.75, 3.05) is 45.7 Å². The van der Waals surface area contributed by atoms with E-state index in [0.717, 1.165) is 11.3 Å². The van der Waals surface area contributed by atoms with Crippen LogP contribution in [0.15, 0.2) is 54.6 Å². The van der Waals surface area contributed by atoms with E-state index in [9.17, 15) is 9.59 Å². The summed E-state index contributed by atoms with van der Waals surface area (Å²) < 4.78 is 5.30. The van der Waals surface area contributed by atoms with Crippen LogP contribution in [0.2, 0.25) is 0 Å². The third-order valence-electron chi connectivity index (χ3n) is 4.89. The van der Waals surface area contributed by atoms with Crippen LogP contribution in [-0.2, 0) is 16.0 Å². The van der Waals surface area contributed by atoms with E-state index in [-0.39, 0.29) is 30.9 Å². The van der Waals surface area contributed by atoms with Gasteiger partial charge >= 0.3 is 0 Å². The van der Waals surface area contributed by atoms with Crippen molar-refractivity contribution >= 4 is 17.5 Å². The van der Waals surface area contributed by atoms with Crippen LogP contribution in [0, 0.1) is 0 Å². The molecule has 0 aromatic heterocycles. The summed E-state index contributed by atoms with van der Waals surface area (Å²) >= 11 is 0. The Kier molecular flexibility index (Phi) is 6.31. The fourth-order valence-electron chi connectivity index (χ4n) is 3.51. The van der Waals surface area contributed by atoms with E-state index in [2.05, 4.69) is 12.1 Å². The summed E-state index contributed by atoms with van der Waals surface area (Å²) in [5.41, 5.74) is 1.94. The van der Waals surface area contributed by atoms with Gasteiger partial charge in [0, 0.05) is 18.3 Å². The molecule has 1 atom stereocenters. The molecule has 1 heterocycles. The van der Waals surface area contributed by atoms with Crippen molar-refractivity contribution in [3.8, 4) is 5.75 Å². The number of nitrogens with zero attached hydrogens (tertiary/aromatic N) is 3. The van der Waals surface area contributed by atoms with Crippen LogP contribution in [0.1, 0.15) is 5.56 Å². The molecule has 0 aliphatic carbocycles. The van der Waals surface area contributed by atoms with Crippen molar-refractivity contribution in [3.05, 3.63) is 60.2 Å². The van der Waals surface area contributed by atoms with Gasteiger partial charge in [-0.3, -0.25) is 9.59 Å². The highest BCUT2D eigenvalue weighted by atomic mass is 16.5. The standard InChI is InChI=1S/C22H27N3O3/c1-23(2)15-21(26)25-16-22(27)24(18-10-7-11-20(13-18)28-3)14-19(25)12-17-8-5-4-6-9-17/h4-11,13,19H,12,14-16H2,1-3H3. The molecule has 2 amide bonds. The van der Waals surface area contributed by atoms with Gasteiger partial charge in [-0.25, -0.2) is 0 Å². The summed E-state index contributed by atoms with van der Waals surface area (Å²) in [4.78, 5) is 31.0. The van der Waals surface area contributed by atoms with Crippen molar-refractivity contribution < 1.29 is 14.3 Å². The lowest BCUT2D eigenvalue weighted by Gasteiger charge is -2.41. The van der Waals surface area contributed by atoms with Crippen LogP contribution in [-0.4, -0.2) is 68.5 Å². The Bertz CT molecular complexity index is 823. The first-order valence-corrected chi connectivity index (χ1v) is 9.40. The summed E-state index contributed by atoms with van der Waals surface area (Å²) in [5, 5.41) is 0. The molecule has 2 aromatic carbocycles. The van der Waals surface area contributed by atoms with Gasteiger partial charge in [-0.05, 0) is 38.2 Å². The Morgan fingerprint density at radius 2 is 1.89 bits per heavy atom. The first-order chi connectivity index (χ1) is 13.5. The number of likely N-dealkylation sites (N-methyl/N-ethyl adjacent to an activating group) is 1. The zero-order valence-corrected chi connectivity index (χ0v) is 16.7. The zero-order valence-electron chi connectivity index (χ0n) is 16.7. The molecule has 2 aromatic rings. The number of carbonyl (C=O) groups excluding carboxylic acids is 2. The van der Waals surface area contributed by atoms with Crippen LogP contribution in [0.25, 0.3) is 0 Å². The number of hydrogen-bond acceptors (Lipinski definition) is 4. The molecular weight excluding hydrogens is 354 g/mol. The number of hydrogen-bond donors (Lipinski definition) is 0. The normalized spacial score (nSPS) is 17.1. The van der Waals surface area contributed by atoms with Crippen LogP contribution in [0.3, 0.4) is 0 Å². The molecule has 6 heteroatoms. The molecular formula is C22H27N3O3. The molecule has 0 bridgehead atoms. The van der Waals surface area contributed by atoms with E-state index in [1.807, 2.05) is 61.5 Å². The lowest BCUT2D eigenvalue weighted by Crippen LogP contribution is -2.60. The topological polar surface area (TPSA) is 53.1 Å². The van der Waals surface area contributed by atoms with Crippen molar-refractivity contribution in [3.63, 3.8) is 0 Å². The molecule has 0 spiro atoms. The maximum atomic E-state index is 12.9. The van der Waals surface area contributed by atoms with E-state index < -0.39 is 0 Å². The van der Waals surface area contributed by atoms with E-state index in [4.69, 9.17) is 4.74 Å². The zero-order chi connectivity index (χ0) is 20.1. The molecule has 1 aliphatic heterocycles. The number of methoxy groups -OCH3 is 1. The van der Waals surface area contributed by atoms with Gasteiger partial charge in [-0.2, -0.15) is 0 Å². The van der Waals surface area contributed by atoms with Crippen LogP contribution in [0.5, 0.6) is 5.75 Å². The minimum absolute atomic E-state index is 0.0235. The highest BCUT2D eigenvalue weighted by Gasteiger charge is 2.35. The summed E-state index contributed by atoms with van der Waals surface area (Å²) in [6, 6.07) is 17.5. The van der Waals surface area contributed by atoms with E-state index in [0.29, 0.717) is 18.7 Å². The predicted octanol–water partition coefficient (Wildman–Crippen LogP) is 2.04. The lowest BCUT2D eigenvalue weighted by atomic mass is 10.0. The smallest absolute Gasteiger partial charge is 0.246 e. The van der Waals surface area contributed by atoms with Crippen LogP contribution in [0.4, 0.5) is 5.69 Å². The number of carbonyl (C=O) groups is 2. The number of piperazine rings is 1. The van der Waals surface area contributed by atoms with Gasteiger partial charge in [0.2, 0.25) is 11.8 Å². The van der Waals surface area contributed by atoms with Gasteiger partial charge in [0.05, 0.1) is 19.7 Å². The number of amides is 2. The third-order valence-corrected chi connectivity index (χ3v) is 4.89. The molecule has 1 unspecified atom stereocenters. The molecule has 1 saturated heterocycles. The summed E-state index contributed by atoms with van der Waals surface area (Å²) in [6.07, 6.45) is 0.702. The van der Waals surface area contributed by atoms with Crippen molar-refractivity contribution in [1.82, 2.24) is 9.80 Å². The Morgan fingerprint density at radius 1 is 1.14 bits per heavy atom. The van der Waals surface area contributed by atoms with Crippen LogP contribution >= 0.6 is 0 Å². The van der Waals surface area contributed by atoms with Gasteiger partial charge in [0.1, 0.15) is 12.3 Å². The molecule has 148 valence electrons. The Labute approximate surface area is 166 Å². The largest absolute Gasteiger partial charge is 0.497 e. The van der Waals surface area contributed by atoms with Gasteiger partial charge < -0.3 is 19.4 Å². The molecule has 1 fully saturated rings. The lowest BCUT2D eigenvalue weighted by molar-refractivity contribution is -0.140. The molecule has 28 heavy (non-hydrogen) atoms. The average Bonchev–Trinajstić information content (AvgIpc) is 2.69. The Balaban J connectivity index is 1.87. The molecule has 0 N–H and O–H groups in total. The van der Waals surface area contributed by atoms with Crippen LogP contribution < -0.4 is 9.64 Å². The second kappa shape index (κ2) is 8.89. The summed E-state index contributed by atoms with van der Waals surface area (Å²) in [6.45, 7) is 0.833. The minimum Gasteiger partial charge on any atom is -0.497 e. The number of rotatable bonds is 6. The van der Waals surface area contributed by atoms with Gasteiger partial charge in [0.25, 0.3) is 0 Å². The molecule has 6 nitrogen and oxygen atoms in total. The highest BCUT2D eigenvalue weighted by molar-refractivity contribution is 5.98. The number of ether oxygens (including phenoxy) is 1. The average molecular weight is 381 g/mol.